The fourth-order valence-corrected chi connectivity index (χ4v) is 2.85. The first-order chi connectivity index (χ1) is 8.34. The molecule has 0 saturated heterocycles. The summed E-state index contributed by atoms with van der Waals surface area (Å²) < 4.78 is 6.39. The normalized spacial score (nSPS) is 10.6. The molecule has 0 bridgehead atoms. The van der Waals surface area contributed by atoms with Crippen LogP contribution in [0.2, 0.25) is 0 Å². The Bertz CT molecular complexity index is 630. The first-order valence-corrected chi connectivity index (χ1v) is 6.76. The molecule has 0 fully saturated rings. The highest BCUT2D eigenvalue weighted by molar-refractivity contribution is 9.10. The van der Waals surface area contributed by atoms with Crippen LogP contribution in [0.15, 0.2) is 56.9 Å². The molecule has 2 aromatic heterocycles. The standard InChI is InChI=1S/C13H8BrNOS/c14-10-5-2-1-4-9(10)11-8-17-13(15-11)12-6-3-7-16-12/h1-8H. The van der Waals surface area contributed by atoms with Crippen molar-refractivity contribution < 1.29 is 4.42 Å². The maximum absolute atomic E-state index is 5.34. The van der Waals surface area contributed by atoms with E-state index in [4.69, 9.17) is 4.42 Å². The van der Waals surface area contributed by atoms with Crippen LogP contribution in [0.3, 0.4) is 0 Å². The molecule has 0 aliphatic carbocycles. The molecule has 3 aromatic rings. The second-order valence-corrected chi connectivity index (χ2v) is 5.21. The summed E-state index contributed by atoms with van der Waals surface area (Å²) in [5.74, 6) is 0.813. The zero-order valence-corrected chi connectivity index (χ0v) is 11.2. The van der Waals surface area contributed by atoms with Gasteiger partial charge < -0.3 is 4.42 Å². The number of thiazole rings is 1. The largest absolute Gasteiger partial charge is 0.462 e. The molecule has 0 radical (unpaired) electrons. The minimum Gasteiger partial charge on any atom is -0.462 e. The van der Waals surface area contributed by atoms with Gasteiger partial charge in [-0.25, -0.2) is 4.98 Å². The van der Waals surface area contributed by atoms with Gasteiger partial charge in [0.25, 0.3) is 0 Å². The van der Waals surface area contributed by atoms with Gasteiger partial charge in [-0.05, 0) is 18.2 Å². The number of hydrogen-bond donors (Lipinski definition) is 0. The van der Waals surface area contributed by atoms with Crippen LogP contribution in [-0.2, 0) is 0 Å². The van der Waals surface area contributed by atoms with Gasteiger partial charge in [0.1, 0.15) is 0 Å². The van der Waals surface area contributed by atoms with Gasteiger partial charge in [0, 0.05) is 15.4 Å². The first-order valence-electron chi connectivity index (χ1n) is 5.09. The predicted molar refractivity (Wildman–Crippen MR) is 73.0 cm³/mol. The molecule has 4 heteroatoms. The molecule has 0 unspecified atom stereocenters. The molecule has 0 aliphatic rings. The number of rotatable bonds is 2. The van der Waals surface area contributed by atoms with E-state index in [2.05, 4.69) is 20.9 Å². The van der Waals surface area contributed by atoms with Crippen molar-refractivity contribution in [2.45, 2.75) is 0 Å². The average Bonchev–Trinajstić information content (AvgIpc) is 3.00. The minimum absolute atomic E-state index is 0.813. The summed E-state index contributed by atoms with van der Waals surface area (Å²) in [4.78, 5) is 4.58. The third-order valence-corrected chi connectivity index (χ3v) is 3.93. The summed E-state index contributed by atoms with van der Waals surface area (Å²) in [5.41, 5.74) is 2.07. The Kier molecular flexibility index (Phi) is 2.82. The third-order valence-electron chi connectivity index (χ3n) is 2.39. The summed E-state index contributed by atoms with van der Waals surface area (Å²) in [7, 11) is 0. The van der Waals surface area contributed by atoms with E-state index in [0.29, 0.717) is 0 Å². The summed E-state index contributed by atoms with van der Waals surface area (Å²) in [6, 6.07) is 11.9. The van der Waals surface area contributed by atoms with Crippen LogP contribution in [0.5, 0.6) is 0 Å². The predicted octanol–water partition coefficient (Wildman–Crippen LogP) is 4.83. The molecule has 2 heterocycles. The van der Waals surface area contributed by atoms with Gasteiger partial charge in [0.15, 0.2) is 10.8 Å². The molecule has 1 aromatic carbocycles. The van der Waals surface area contributed by atoms with Crippen LogP contribution in [0.25, 0.3) is 22.0 Å². The molecule has 84 valence electrons. The van der Waals surface area contributed by atoms with Crippen molar-refractivity contribution in [1.29, 1.82) is 0 Å². The molecule has 0 atom stereocenters. The van der Waals surface area contributed by atoms with Crippen LogP contribution in [0, 0.1) is 0 Å². The van der Waals surface area contributed by atoms with Crippen LogP contribution in [0.4, 0.5) is 0 Å². The molecule has 0 amide bonds. The molecular weight excluding hydrogens is 298 g/mol. The van der Waals surface area contributed by atoms with Crippen molar-refractivity contribution in [3.8, 4) is 22.0 Å². The van der Waals surface area contributed by atoms with Gasteiger partial charge in [-0.1, -0.05) is 34.1 Å². The number of furan rings is 1. The lowest BCUT2D eigenvalue weighted by Gasteiger charge is -1.98. The number of benzene rings is 1. The van der Waals surface area contributed by atoms with Gasteiger partial charge in [-0.2, -0.15) is 0 Å². The number of hydrogen-bond acceptors (Lipinski definition) is 3. The van der Waals surface area contributed by atoms with Crippen molar-refractivity contribution in [1.82, 2.24) is 4.98 Å². The second kappa shape index (κ2) is 4.47. The minimum atomic E-state index is 0.813. The van der Waals surface area contributed by atoms with E-state index >= 15 is 0 Å². The fraction of sp³-hybridized carbons (Fsp3) is 0. The lowest BCUT2D eigenvalue weighted by molar-refractivity contribution is 0.582. The van der Waals surface area contributed by atoms with Crippen LogP contribution >= 0.6 is 27.3 Å². The number of halogens is 1. The Morgan fingerprint density at radius 2 is 2.00 bits per heavy atom. The Balaban J connectivity index is 2.04. The maximum atomic E-state index is 5.34. The lowest BCUT2D eigenvalue weighted by Crippen LogP contribution is -1.79. The zero-order valence-electron chi connectivity index (χ0n) is 8.76. The van der Waals surface area contributed by atoms with E-state index in [-0.39, 0.29) is 0 Å². The van der Waals surface area contributed by atoms with Crippen LogP contribution < -0.4 is 0 Å². The summed E-state index contributed by atoms with van der Waals surface area (Å²) >= 11 is 5.12. The van der Waals surface area contributed by atoms with Crippen LogP contribution in [-0.4, -0.2) is 4.98 Å². The highest BCUT2D eigenvalue weighted by Crippen LogP contribution is 2.32. The summed E-state index contributed by atoms with van der Waals surface area (Å²) in [5, 5.41) is 2.94. The second-order valence-electron chi connectivity index (χ2n) is 3.50. The van der Waals surface area contributed by atoms with Crippen molar-refractivity contribution >= 4 is 27.3 Å². The van der Waals surface area contributed by atoms with E-state index in [1.165, 1.54) is 0 Å². The van der Waals surface area contributed by atoms with Crippen LogP contribution in [0.1, 0.15) is 0 Å². The van der Waals surface area contributed by atoms with Crippen molar-refractivity contribution in [3.05, 3.63) is 52.5 Å². The van der Waals surface area contributed by atoms with Gasteiger partial charge in [0.05, 0.1) is 12.0 Å². The van der Waals surface area contributed by atoms with Gasteiger partial charge >= 0.3 is 0 Å². The SMILES string of the molecule is Brc1ccccc1-c1csc(-c2ccco2)n1. The number of aromatic nitrogens is 1. The highest BCUT2D eigenvalue weighted by Gasteiger charge is 2.10. The molecule has 0 spiro atoms. The van der Waals surface area contributed by atoms with Crippen molar-refractivity contribution in [3.63, 3.8) is 0 Å². The maximum Gasteiger partial charge on any atom is 0.162 e. The molecule has 3 rings (SSSR count). The van der Waals surface area contributed by atoms with E-state index < -0.39 is 0 Å². The monoisotopic (exact) mass is 305 g/mol. The summed E-state index contributed by atoms with van der Waals surface area (Å²) in [6.07, 6.45) is 1.66. The molecular formula is C13H8BrNOS. The molecule has 0 aliphatic heterocycles. The van der Waals surface area contributed by atoms with Gasteiger partial charge in [-0.15, -0.1) is 11.3 Å². The fourth-order valence-electron chi connectivity index (χ4n) is 1.58. The molecule has 17 heavy (non-hydrogen) atoms. The average molecular weight is 306 g/mol. The Morgan fingerprint density at radius 3 is 2.76 bits per heavy atom. The van der Waals surface area contributed by atoms with E-state index in [1.807, 2.05) is 41.8 Å². The quantitative estimate of drug-likeness (QED) is 0.677. The zero-order chi connectivity index (χ0) is 11.7. The molecule has 0 saturated carbocycles. The van der Waals surface area contributed by atoms with Gasteiger partial charge in [-0.3, -0.25) is 0 Å². The number of nitrogens with zero attached hydrogens (tertiary/aromatic N) is 1. The Morgan fingerprint density at radius 1 is 1.12 bits per heavy atom. The van der Waals surface area contributed by atoms with Crippen molar-refractivity contribution in [2.24, 2.45) is 0 Å². The lowest BCUT2D eigenvalue weighted by atomic mass is 10.2. The molecule has 2 nitrogen and oxygen atoms in total. The Labute approximate surface area is 111 Å². The first kappa shape index (κ1) is 10.7. The van der Waals surface area contributed by atoms with E-state index in [9.17, 15) is 0 Å². The Hall–Kier alpha value is -1.39. The highest BCUT2D eigenvalue weighted by atomic mass is 79.9. The van der Waals surface area contributed by atoms with Crippen molar-refractivity contribution in [2.75, 3.05) is 0 Å². The molecule has 0 N–H and O–H groups in total. The summed E-state index contributed by atoms with van der Waals surface area (Å²) in [6.45, 7) is 0. The van der Waals surface area contributed by atoms with Gasteiger partial charge in [0.2, 0.25) is 0 Å². The third kappa shape index (κ3) is 2.06. The van der Waals surface area contributed by atoms with E-state index in [1.54, 1.807) is 17.6 Å². The smallest absolute Gasteiger partial charge is 0.162 e. The topological polar surface area (TPSA) is 26.0 Å². The van der Waals surface area contributed by atoms with E-state index in [0.717, 1.165) is 26.5 Å².